The number of methoxy groups -OCH3 is 1. The lowest BCUT2D eigenvalue weighted by Crippen LogP contribution is -2.38. The molecule has 0 radical (unpaired) electrons. The molecular weight excluding hydrogens is 298 g/mol. The standard InChI is InChI=1S/C12H20BrN3O2/c1-5-9(7-18-4)14-12(17)11-10(13)8(3)15-16(11)6-2/h9H,5-7H2,1-4H3,(H,14,17). The zero-order valence-electron chi connectivity index (χ0n) is 11.3. The molecule has 1 aromatic heterocycles. The average molecular weight is 318 g/mol. The largest absolute Gasteiger partial charge is 0.383 e. The van der Waals surface area contributed by atoms with Gasteiger partial charge in [-0.1, -0.05) is 6.92 Å². The minimum Gasteiger partial charge on any atom is -0.383 e. The first-order valence-corrected chi connectivity index (χ1v) is 6.87. The predicted molar refractivity (Wildman–Crippen MR) is 73.8 cm³/mol. The minimum atomic E-state index is -0.117. The molecule has 102 valence electrons. The van der Waals surface area contributed by atoms with Crippen molar-refractivity contribution in [2.45, 2.75) is 39.8 Å². The van der Waals surface area contributed by atoms with Crippen LogP contribution >= 0.6 is 15.9 Å². The summed E-state index contributed by atoms with van der Waals surface area (Å²) in [6.07, 6.45) is 0.830. The summed E-state index contributed by atoms with van der Waals surface area (Å²) in [5, 5.41) is 7.26. The quantitative estimate of drug-likeness (QED) is 0.874. The second kappa shape index (κ2) is 6.89. The highest BCUT2D eigenvalue weighted by molar-refractivity contribution is 9.10. The van der Waals surface area contributed by atoms with Crippen LogP contribution in [0, 0.1) is 6.92 Å². The van der Waals surface area contributed by atoms with Gasteiger partial charge in [0.15, 0.2) is 0 Å². The van der Waals surface area contributed by atoms with E-state index in [1.165, 1.54) is 0 Å². The molecule has 1 heterocycles. The van der Waals surface area contributed by atoms with Gasteiger partial charge in [-0.2, -0.15) is 5.10 Å². The Morgan fingerprint density at radius 1 is 1.56 bits per heavy atom. The van der Waals surface area contributed by atoms with E-state index in [-0.39, 0.29) is 11.9 Å². The number of nitrogens with zero attached hydrogens (tertiary/aromatic N) is 2. The van der Waals surface area contributed by atoms with E-state index in [2.05, 4.69) is 26.3 Å². The zero-order valence-corrected chi connectivity index (χ0v) is 12.9. The summed E-state index contributed by atoms with van der Waals surface area (Å²) >= 11 is 3.42. The predicted octanol–water partition coefficient (Wildman–Crippen LogP) is 2.13. The van der Waals surface area contributed by atoms with Crippen molar-refractivity contribution in [1.29, 1.82) is 0 Å². The summed E-state index contributed by atoms with van der Waals surface area (Å²) in [4.78, 5) is 12.2. The summed E-state index contributed by atoms with van der Waals surface area (Å²) in [5.74, 6) is -0.117. The molecule has 6 heteroatoms. The molecule has 1 aromatic rings. The van der Waals surface area contributed by atoms with E-state index in [0.717, 1.165) is 16.6 Å². The highest BCUT2D eigenvalue weighted by atomic mass is 79.9. The van der Waals surface area contributed by atoms with Crippen molar-refractivity contribution in [3.05, 3.63) is 15.9 Å². The summed E-state index contributed by atoms with van der Waals surface area (Å²) in [6.45, 7) is 7.03. The third kappa shape index (κ3) is 3.32. The molecule has 1 atom stereocenters. The van der Waals surface area contributed by atoms with Crippen LogP contribution in [0.3, 0.4) is 0 Å². The van der Waals surface area contributed by atoms with Gasteiger partial charge >= 0.3 is 0 Å². The fraction of sp³-hybridized carbons (Fsp3) is 0.667. The molecule has 1 unspecified atom stereocenters. The van der Waals surface area contributed by atoms with E-state index >= 15 is 0 Å². The summed E-state index contributed by atoms with van der Waals surface area (Å²) in [5.41, 5.74) is 1.39. The SMILES string of the molecule is CCC(COC)NC(=O)c1c(Br)c(C)nn1CC. The van der Waals surface area contributed by atoms with Gasteiger partial charge in [-0.15, -0.1) is 0 Å². The molecule has 0 aromatic carbocycles. The maximum Gasteiger partial charge on any atom is 0.271 e. The Kier molecular flexibility index (Phi) is 5.81. The Labute approximate surface area is 116 Å². The Balaban J connectivity index is 2.89. The number of carbonyl (C=O) groups is 1. The van der Waals surface area contributed by atoms with Crippen molar-refractivity contribution in [1.82, 2.24) is 15.1 Å². The van der Waals surface area contributed by atoms with Crippen molar-refractivity contribution in [3.8, 4) is 0 Å². The zero-order chi connectivity index (χ0) is 13.7. The molecule has 0 saturated carbocycles. The van der Waals surface area contributed by atoms with Crippen molar-refractivity contribution in [3.63, 3.8) is 0 Å². The second-order valence-electron chi connectivity index (χ2n) is 4.10. The molecule has 0 aliphatic heterocycles. The molecule has 1 rings (SSSR count). The van der Waals surface area contributed by atoms with Gasteiger partial charge < -0.3 is 10.1 Å². The van der Waals surface area contributed by atoms with Crippen molar-refractivity contribution in [2.75, 3.05) is 13.7 Å². The first-order chi connectivity index (χ1) is 8.54. The molecule has 0 aliphatic rings. The average Bonchev–Trinajstić information content (AvgIpc) is 2.64. The van der Waals surface area contributed by atoms with Crippen LogP contribution in [0.2, 0.25) is 0 Å². The van der Waals surface area contributed by atoms with Crippen LogP contribution in [-0.4, -0.2) is 35.4 Å². The van der Waals surface area contributed by atoms with E-state index in [0.29, 0.717) is 18.8 Å². The highest BCUT2D eigenvalue weighted by Gasteiger charge is 2.21. The number of aromatic nitrogens is 2. The second-order valence-corrected chi connectivity index (χ2v) is 4.89. The van der Waals surface area contributed by atoms with Crippen LogP contribution in [-0.2, 0) is 11.3 Å². The number of carbonyl (C=O) groups excluding carboxylic acids is 1. The lowest BCUT2D eigenvalue weighted by molar-refractivity contribution is 0.0883. The maximum absolute atomic E-state index is 12.2. The smallest absolute Gasteiger partial charge is 0.271 e. The molecule has 5 nitrogen and oxygen atoms in total. The highest BCUT2D eigenvalue weighted by Crippen LogP contribution is 2.21. The first-order valence-electron chi connectivity index (χ1n) is 6.07. The van der Waals surface area contributed by atoms with Crippen LogP contribution in [0.15, 0.2) is 4.47 Å². The van der Waals surface area contributed by atoms with Crippen LogP contribution < -0.4 is 5.32 Å². The van der Waals surface area contributed by atoms with Crippen LogP contribution in [0.5, 0.6) is 0 Å². The van der Waals surface area contributed by atoms with E-state index in [9.17, 15) is 4.79 Å². The van der Waals surface area contributed by atoms with Crippen LogP contribution in [0.25, 0.3) is 0 Å². The molecular formula is C12H20BrN3O2. The molecule has 1 amide bonds. The Morgan fingerprint density at radius 3 is 2.72 bits per heavy atom. The first kappa shape index (κ1) is 15.2. The van der Waals surface area contributed by atoms with E-state index < -0.39 is 0 Å². The van der Waals surface area contributed by atoms with E-state index in [1.54, 1.807) is 11.8 Å². The minimum absolute atomic E-state index is 0.0231. The molecule has 0 fully saturated rings. The van der Waals surface area contributed by atoms with Crippen molar-refractivity contribution >= 4 is 21.8 Å². The van der Waals surface area contributed by atoms with Crippen molar-refractivity contribution < 1.29 is 9.53 Å². The van der Waals surface area contributed by atoms with Crippen LogP contribution in [0.4, 0.5) is 0 Å². The Hall–Kier alpha value is -0.880. The van der Waals surface area contributed by atoms with Gasteiger partial charge in [0.05, 0.1) is 22.8 Å². The fourth-order valence-electron chi connectivity index (χ4n) is 1.72. The molecule has 0 bridgehead atoms. The summed E-state index contributed by atoms with van der Waals surface area (Å²) in [6, 6.07) is 0.0231. The number of rotatable bonds is 6. The number of halogens is 1. The number of amides is 1. The molecule has 1 N–H and O–H groups in total. The third-order valence-corrected chi connectivity index (χ3v) is 3.71. The number of ether oxygens (including phenoxy) is 1. The lowest BCUT2D eigenvalue weighted by Gasteiger charge is -2.16. The van der Waals surface area contributed by atoms with E-state index in [1.807, 2.05) is 20.8 Å². The Bertz CT molecular complexity index is 418. The van der Waals surface area contributed by atoms with Gasteiger partial charge in [0, 0.05) is 13.7 Å². The molecule has 18 heavy (non-hydrogen) atoms. The van der Waals surface area contributed by atoms with Gasteiger partial charge in [-0.05, 0) is 36.2 Å². The van der Waals surface area contributed by atoms with Gasteiger partial charge in [0.2, 0.25) is 0 Å². The summed E-state index contributed by atoms with van der Waals surface area (Å²) < 4.78 is 7.54. The van der Waals surface area contributed by atoms with Gasteiger partial charge in [0.25, 0.3) is 5.91 Å². The lowest BCUT2D eigenvalue weighted by atomic mass is 10.2. The van der Waals surface area contributed by atoms with E-state index in [4.69, 9.17) is 4.74 Å². The maximum atomic E-state index is 12.2. The van der Waals surface area contributed by atoms with Gasteiger partial charge in [0.1, 0.15) is 5.69 Å². The third-order valence-electron chi connectivity index (χ3n) is 2.76. The molecule has 0 aliphatic carbocycles. The monoisotopic (exact) mass is 317 g/mol. The number of hydrogen-bond donors (Lipinski definition) is 1. The fourth-order valence-corrected chi connectivity index (χ4v) is 2.19. The van der Waals surface area contributed by atoms with Crippen molar-refractivity contribution in [2.24, 2.45) is 0 Å². The Morgan fingerprint density at radius 2 is 2.22 bits per heavy atom. The van der Waals surface area contributed by atoms with Gasteiger partial charge in [-0.25, -0.2) is 0 Å². The number of nitrogens with one attached hydrogen (secondary N) is 1. The summed E-state index contributed by atoms with van der Waals surface area (Å²) in [7, 11) is 1.63. The molecule has 0 spiro atoms. The van der Waals surface area contributed by atoms with Gasteiger partial charge in [-0.3, -0.25) is 9.48 Å². The number of aryl methyl sites for hydroxylation is 2. The van der Waals surface area contributed by atoms with Crippen LogP contribution in [0.1, 0.15) is 36.5 Å². The molecule has 0 saturated heterocycles. The number of hydrogen-bond acceptors (Lipinski definition) is 3. The normalized spacial score (nSPS) is 12.5. The topological polar surface area (TPSA) is 56.1 Å².